The molecule has 0 heterocycles. The van der Waals surface area contributed by atoms with Gasteiger partial charge < -0.3 is 15.6 Å². The molecule has 0 aromatic heterocycles. The summed E-state index contributed by atoms with van der Waals surface area (Å²) in [6.45, 7) is -0.164. The Morgan fingerprint density at radius 2 is 1.57 bits per heavy atom. The highest BCUT2D eigenvalue weighted by molar-refractivity contribution is 5.94. The largest absolute Gasteiger partial charge is 0.481 e. The van der Waals surface area contributed by atoms with Gasteiger partial charge in [0.25, 0.3) is 0 Å². The molecule has 1 aliphatic rings. The van der Waals surface area contributed by atoms with Crippen molar-refractivity contribution in [1.29, 1.82) is 0 Å². The van der Waals surface area contributed by atoms with Crippen LogP contribution in [-0.4, -0.2) is 30.2 Å². The van der Waals surface area contributed by atoms with Crippen LogP contribution in [0.3, 0.4) is 0 Å². The lowest BCUT2D eigenvalue weighted by molar-refractivity contribution is -0.158. The van der Waals surface area contributed by atoms with Crippen molar-refractivity contribution in [1.82, 2.24) is 0 Å². The Morgan fingerprint density at radius 3 is 2.04 bits per heavy atom. The summed E-state index contributed by atoms with van der Waals surface area (Å²) in [5.41, 5.74) is 9.74. The minimum atomic E-state index is -1.32. The maximum absolute atomic E-state index is 11.9. The van der Waals surface area contributed by atoms with E-state index < -0.39 is 17.9 Å². The highest BCUT2D eigenvalue weighted by Crippen LogP contribution is 2.44. The predicted molar refractivity (Wildman–Crippen MR) is 84.9 cm³/mol. The third-order valence-corrected chi connectivity index (χ3v) is 4.17. The molecule has 0 saturated carbocycles. The van der Waals surface area contributed by atoms with Crippen molar-refractivity contribution in [3.05, 3.63) is 59.7 Å². The van der Waals surface area contributed by atoms with Gasteiger partial charge in [0.15, 0.2) is 5.92 Å². The summed E-state index contributed by atoms with van der Waals surface area (Å²) in [7, 11) is 0. The molecule has 0 bridgehead atoms. The number of rotatable bonds is 5. The second-order valence-corrected chi connectivity index (χ2v) is 5.48. The number of fused-ring (bicyclic) bond motifs is 3. The highest BCUT2D eigenvalue weighted by Gasteiger charge is 2.31. The van der Waals surface area contributed by atoms with Crippen LogP contribution in [-0.2, 0) is 14.3 Å². The van der Waals surface area contributed by atoms with Gasteiger partial charge in [0.05, 0.1) is 0 Å². The molecule has 23 heavy (non-hydrogen) atoms. The molecule has 2 aromatic rings. The molecule has 1 aliphatic carbocycles. The van der Waals surface area contributed by atoms with Crippen molar-refractivity contribution >= 4 is 11.9 Å². The van der Waals surface area contributed by atoms with Crippen LogP contribution in [0, 0.1) is 5.92 Å². The number of benzene rings is 2. The third kappa shape index (κ3) is 2.71. The predicted octanol–water partition coefficient (Wildman–Crippen LogP) is 2.00. The summed E-state index contributed by atoms with van der Waals surface area (Å²) in [6, 6.07) is 15.9. The van der Waals surface area contributed by atoms with Gasteiger partial charge in [-0.05, 0) is 22.3 Å². The SMILES string of the molecule is NCC(C(=O)O)C(=O)OCC1c2ccccc2-c2ccccc21. The van der Waals surface area contributed by atoms with E-state index in [0.29, 0.717) is 0 Å². The lowest BCUT2D eigenvalue weighted by Crippen LogP contribution is -2.33. The first-order chi connectivity index (χ1) is 11.1. The van der Waals surface area contributed by atoms with Gasteiger partial charge in [-0.25, -0.2) is 0 Å². The summed E-state index contributed by atoms with van der Waals surface area (Å²) >= 11 is 0. The van der Waals surface area contributed by atoms with E-state index in [0.717, 1.165) is 22.3 Å². The summed E-state index contributed by atoms with van der Waals surface area (Å²) in [4.78, 5) is 22.9. The molecule has 2 aromatic carbocycles. The van der Waals surface area contributed by atoms with E-state index in [4.69, 9.17) is 15.6 Å². The Bertz CT molecular complexity index is 711. The normalized spacial score (nSPS) is 14.0. The maximum atomic E-state index is 11.9. The zero-order chi connectivity index (χ0) is 16.4. The number of ether oxygens (including phenoxy) is 1. The van der Waals surface area contributed by atoms with Crippen LogP contribution in [0.25, 0.3) is 11.1 Å². The number of hydrogen-bond acceptors (Lipinski definition) is 4. The number of hydrogen-bond donors (Lipinski definition) is 2. The summed E-state index contributed by atoms with van der Waals surface area (Å²) in [5.74, 6) is -3.45. The second kappa shape index (κ2) is 6.22. The first kappa shape index (κ1) is 15.2. The zero-order valence-electron chi connectivity index (χ0n) is 12.4. The van der Waals surface area contributed by atoms with E-state index >= 15 is 0 Å². The Morgan fingerprint density at radius 1 is 1.04 bits per heavy atom. The van der Waals surface area contributed by atoms with E-state index in [1.165, 1.54) is 0 Å². The zero-order valence-corrected chi connectivity index (χ0v) is 12.4. The number of aliphatic carboxylic acids is 1. The Hall–Kier alpha value is -2.66. The van der Waals surface area contributed by atoms with Crippen LogP contribution in [0.15, 0.2) is 48.5 Å². The first-order valence-corrected chi connectivity index (χ1v) is 7.41. The van der Waals surface area contributed by atoms with Crippen LogP contribution >= 0.6 is 0 Å². The number of carboxylic acids is 1. The number of carboxylic acid groups (broad SMARTS) is 1. The molecule has 5 heteroatoms. The van der Waals surface area contributed by atoms with E-state index in [1.54, 1.807) is 0 Å². The van der Waals surface area contributed by atoms with Crippen LogP contribution in [0.4, 0.5) is 0 Å². The molecule has 118 valence electrons. The lowest BCUT2D eigenvalue weighted by atomic mass is 9.98. The van der Waals surface area contributed by atoms with Crippen LogP contribution in [0.5, 0.6) is 0 Å². The fourth-order valence-electron chi connectivity index (χ4n) is 3.00. The molecular weight excluding hydrogens is 294 g/mol. The van der Waals surface area contributed by atoms with Crippen LogP contribution < -0.4 is 5.73 Å². The average molecular weight is 311 g/mol. The van der Waals surface area contributed by atoms with Gasteiger partial charge in [-0.3, -0.25) is 9.59 Å². The lowest BCUT2D eigenvalue weighted by Gasteiger charge is -2.16. The van der Waals surface area contributed by atoms with E-state index in [2.05, 4.69) is 0 Å². The molecule has 0 spiro atoms. The number of nitrogens with two attached hydrogens (primary N) is 1. The average Bonchev–Trinajstić information content (AvgIpc) is 2.87. The van der Waals surface area contributed by atoms with Gasteiger partial charge in [-0.1, -0.05) is 48.5 Å². The van der Waals surface area contributed by atoms with E-state index in [-0.39, 0.29) is 19.1 Å². The maximum Gasteiger partial charge on any atom is 0.321 e. The van der Waals surface area contributed by atoms with E-state index in [9.17, 15) is 9.59 Å². The molecule has 5 nitrogen and oxygen atoms in total. The Labute approximate surface area is 133 Å². The molecule has 3 rings (SSSR count). The second-order valence-electron chi connectivity index (χ2n) is 5.48. The minimum absolute atomic E-state index is 0.0847. The molecule has 0 aliphatic heterocycles. The van der Waals surface area contributed by atoms with Crippen molar-refractivity contribution in [2.75, 3.05) is 13.2 Å². The molecule has 0 radical (unpaired) electrons. The van der Waals surface area contributed by atoms with Crippen molar-refractivity contribution in [2.24, 2.45) is 11.7 Å². The number of carbonyl (C=O) groups excluding carboxylic acids is 1. The molecule has 0 fully saturated rings. The van der Waals surface area contributed by atoms with Gasteiger partial charge in [0.1, 0.15) is 6.61 Å². The van der Waals surface area contributed by atoms with Gasteiger partial charge >= 0.3 is 11.9 Å². The van der Waals surface area contributed by atoms with Crippen molar-refractivity contribution in [3.63, 3.8) is 0 Å². The highest BCUT2D eigenvalue weighted by atomic mass is 16.5. The van der Waals surface area contributed by atoms with Crippen LogP contribution in [0.2, 0.25) is 0 Å². The smallest absolute Gasteiger partial charge is 0.321 e. The third-order valence-electron chi connectivity index (χ3n) is 4.17. The van der Waals surface area contributed by atoms with Crippen molar-refractivity contribution in [2.45, 2.75) is 5.92 Å². The number of carbonyl (C=O) groups is 2. The quantitative estimate of drug-likeness (QED) is 0.651. The molecule has 3 N–H and O–H groups in total. The van der Waals surface area contributed by atoms with Crippen molar-refractivity contribution in [3.8, 4) is 11.1 Å². The van der Waals surface area contributed by atoms with Gasteiger partial charge in [-0.15, -0.1) is 0 Å². The fourth-order valence-corrected chi connectivity index (χ4v) is 3.00. The molecular formula is C18H17NO4. The molecule has 0 saturated heterocycles. The Kier molecular flexibility index (Phi) is 4.12. The van der Waals surface area contributed by atoms with Crippen molar-refractivity contribution < 1.29 is 19.4 Å². The molecule has 0 amide bonds. The monoisotopic (exact) mass is 311 g/mol. The Balaban J connectivity index is 1.84. The number of esters is 1. The molecule has 1 atom stereocenters. The summed E-state index contributed by atoms with van der Waals surface area (Å²) in [6.07, 6.45) is 0. The fraction of sp³-hybridized carbons (Fsp3) is 0.222. The standard InChI is InChI=1S/C18H17NO4/c19-9-15(17(20)21)18(22)23-10-16-13-7-3-1-5-11(13)12-6-2-4-8-14(12)16/h1-8,15-16H,9-10,19H2,(H,20,21). The summed E-state index contributed by atoms with van der Waals surface area (Å²) in [5, 5.41) is 8.97. The molecule has 1 unspecified atom stereocenters. The van der Waals surface area contributed by atoms with E-state index in [1.807, 2.05) is 48.5 Å². The van der Waals surface area contributed by atoms with Gasteiger partial charge in [-0.2, -0.15) is 0 Å². The first-order valence-electron chi connectivity index (χ1n) is 7.41. The topological polar surface area (TPSA) is 89.6 Å². The van der Waals surface area contributed by atoms with Gasteiger partial charge in [0, 0.05) is 12.5 Å². The minimum Gasteiger partial charge on any atom is -0.481 e. The summed E-state index contributed by atoms with van der Waals surface area (Å²) < 4.78 is 5.25. The van der Waals surface area contributed by atoms with Crippen LogP contribution in [0.1, 0.15) is 17.0 Å². The van der Waals surface area contributed by atoms with Gasteiger partial charge in [0.2, 0.25) is 0 Å².